The first kappa shape index (κ1) is 10.3. The van der Waals surface area contributed by atoms with E-state index in [0.29, 0.717) is 0 Å². The summed E-state index contributed by atoms with van der Waals surface area (Å²) in [5, 5.41) is 7.57. The number of hydrogen-bond acceptors (Lipinski definition) is 2. The molecule has 1 N–H and O–H groups in total. The van der Waals surface area contributed by atoms with Crippen LogP contribution in [0, 0.1) is 0 Å². The maximum atomic E-state index is 9.56. The largest absolute Gasteiger partial charge is 0.617 e. The van der Waals surface area contributed by atoms with Crippen molar-refractivity contribution in [1.82, 2.24) is 0 Å². The first-order valence-corrected chi connectivity index (χ1v) is 3.97. The summed E-state index contributed by atoms with van der Waals surface area (Å²) < 4.78 is 9.56. The Labute approximate surface area is 47.7 Å². The molecule has 0 heterocycles. The monoisotopic (exact) mass is 124 g/mol. The molecular weight excluding hydrogens is 112 g/mol. The van der Waals surface area contributed by atoms with Crippen molar-refractivity contribution in [3.63, 3.8) is 0 Å². The van der Waals surface area contributed by atoms with Crippen LogP contribution in [0.25, 0.3) is 0 Å². The lowest BCUT2D eigenvalue weighted by Gasteiger charge is -1.87. The Morgan fingerprint density at radius 1 is 1.57 bits per heavy atom. The summed E-state index contributed by atoms with van der Waals surface area (Å²) in [6.45, 7) is 1.93. The van der Waals surface area contributed by atoms with Crippen molar-refractivity contribution in [3.8, 4) is 0 Å². The lowest BCUT2D eigenvalue weighted by atomic mass is 10.9. The Morgan fingerprint density at radius 3 is 1.57 bits per heavy atom. The first-order valence-electron chi connectivity index (χ1n) is 2.01. The smallest absolute Gasteiger partial charge is 0.0946 e. The molecule has 0 radical (unpaired) electrons. The lowest BCUT2D eigenvalue weighted by molar-refractivity contribution is 0.318. The van der Waals surface area contributed by atoms with Crippen LogP contribution in [-0.2, 0) is 11.2 Å². The van der Waals surface area contributed by atoms with Gasteiger partial charge < -0.3 is 9.66 Å². The zero-order valence-electron chi connectivity index (χ0n) is 4.97. The van der Waals surface area contributed by atoms with E-state index in [0.717, 1.165) is 0 Å². The standard InChI is InChI=1S/C2H6OS.C2H6O/c1-4(2)3;1-2-3/h1-2H3;3H,2H2,1H3. The number of rotatable bonds is 0. The van der Waals surface area contributed by atoms with E-state index >= 15 is 0 Å². The van der Waals surface area contributed by atoms with Crippen LogP contribution in [0.2, 0.25) is 0 Å². The van der Waals surface area contributed by atoms with Crippen LogP contribution in [0.5, 0.6) is 0 Å². The van der Waals surface area contributed by atoms with Crippen molar-refractivity contribution in [2.45, 2.75) is 6.92 Å². The van der Waals surface area contributed by atoms with Gasteiger partial charge in [0.2, 0.25) is 0 Å². The van der Waals surface area contributed by atoms with Crippen LogP contribution in [0.1, 0.15) is 6.92 Å². The van der Waals surface area contributed by atoms with E-state index in [1.807, 2.05) is 0 Å². The zero-order valence-corrected chi connectivity index (χ0v) is 5.79. The molecule has 0 rings (SSSR count). The minimum absolute atomic E-state index is 0.250. The molecule has 46 valence electrons. The summed E-state index contributed by atoms with van der Waals surface area (Å²) in [6.07, 6.45) is 3.28. The molecule has 2 nitrogen and oxygen atoms in total. The van der Waals surface area contributed by atoms with Crippen LogP contribution in [0.3, 0.4) is 0 Å². The van der Waals surface area contributed by atoms with Gasteiger partial charge in [0.15, 0.2) is 0 Å². The van der Waals surface area contributed by atoms with E-state index in [9.17, 15) is 4.55 Å². The van der Waals surface area contributed by atoms with Crippen molar-refractivity contribution >= 4 is 11.2 Å². The Balaban J connectivity index is 0. The van der Waals surface area contributed by atoms with Crippen LogP contribution < -0.4 is 0 Å². The maximum Gasteiger partial charge on any atom is 0.0946 e. The molecule has 0 spiro atoms. The van der Waals surface area contributed by atoms with Crippen molar-refractivity contribution in [3.05, 3.63) is 0 Å². The SMILES string of the molecule is CCO.C[S+](C)[O-]. The van der Waals surface area contributed by atoms with Gasteiger partial charge in [-0.3, -0.25) is 0 Å². The molecule has 0 atom stereocenters. The van der Waals surface area contributed by atoms with Crippen LogP contribution in [0.15, 0.2) is 0 Å². The topological polar surface area (TPSA) is 43.3 Å². The van der Waals surface area contributed by atoms with Crippen molar-refractivity contribution in [2.75, 3.05) is 19.1 Å². The van der Waals surface area contributed by atoms with Gasteiger partial charge in [-0.25, -0.2) is 0 Å². The fourth-order valence-corrected chi connectivity index (χ4v) is 0. The van der Waals surface area contributed by atoms with Gasteiger partial charge in [-0.15, -0.1) is 0 Å². The van der Waals surface area contributed by atoms with E-state index in [1.165, 1.54) is 0 Å². The van der Waals surface area contributed by atoms with E-state index in [1.54, 1.807) is 19.4 Å². The fraction of sp³-hybridized carbons (Fsp3) is 1.00. The third-order valence-electron chi connectivity index (χ3n) is 0. The summed E-state index contributed by atoms with van der Waals surface area (Å²) in [5.74, 6) is 0. The lowest BCUT2D eigenvalue weighted by Crippen LogP contribution is -1.86. The predicted octanol–water partition coefficient (Wildman–Crippen LogP) is -0.00670. The van der Waals surface area contributed by atoms with Gasteiger partial charge in [-0.1, -0.05) is 11.2 Å². The molecular formula is C4H12O2S. The third-order valence-corrected chi connectivity index (χ3v) is 0. The molecule has 0 aromatic carbocycles. The molecule has 0 aliphatic rings. The van der Waals surface area contributed by atoms with Crippen LogP contribution in [0.4, 0.5) is 0 Å². The predicted molar refractivity (Wildman–Crippen MR) is 32.8 cm³/mol. The molecule has 3 heteroatoms. The third kappa shape index (κ3) is 1570. The molecule has 7 heavy (non-hydrogen) atoms. The zero-order chi connectivity index (χ0) is 6.28. The van der Waals surface area contributed by atoms with E-state index in [2.05, 4.69) is 0 Å². The summed E-state index contributed by atoms with van der Waals surface area (Å²) in [4.78, 5) is 0. The Kier molecular flexibility index (Phi) is 14.0. The van der Waals surface area contributed by atoms with Crippen LogP contribution in [-0.4, -0.2) is 28.8 Å². The maximum absolute atomic E-state index is 9.56. The Morgan fingerprint density at radius 2 is 1.57 bits per heavy atom. The van der Waals surface area contributed by atoms with Gasteiger partial charge in [-0.2, -0.15) is 0 Å². The molecule has 0 fully saturated rings. The molecule has 0 saturated carbocycles. The molecule has 0 unspecified atom stereocenters. The van der Waals surface area contributed by atoms with Gasteiger partial charge in [0.05, 0.1) is 12.5 Å². The summed E-state index contributed by atoms with van der Waals surface area (Å²) in [5.41, 5.74) is 0. The van der Waals surface area contributed by atoms with Gasteiger partial charge in [0.1, 0.15) is 0 Å². The molecule has 0 amide bonds. The minimum atomic E-state index is -0.611. The highest BCUT2D eigenvalue weighted by atomic mass is 32.2. The second kappa shape index (κ2) is 9.55. The highest BCUT2D eigenvalue weighted by molar-refractivity contribution is 7.89. The van der Waals surface area contributed by atoms with Gasteiger partial charge in [0, 0.05) is 6.61 Å². The fourth-order valence-electron chi connectivity index (χ4n) is 0. The van der Waals surface area contributed by atoms with Crippen molar-refractivity contribution < 1.29 is 9.66 Å². The Hall–Kier alpha value is 0.270. The molecule has 0 saturated heterocycles. The second-order valence-corrected chi connectivity index (χ2v) is 2.54. The minimum Gasteiger partial charge on any atom is -0.617 e. The molecule has 0 aromatic rings. The quantitative estimate of drug-likeness (QED) is 0.462. The van der Waals surface area contributed by atoms with Gasteiger partial charge in [-0.05, 0) is 6.92 Å². The van der Waals surface area contributed by atoms with E-state index < -0.39 is 11.2 Å². The van der Waals surface area contributed by atoms with Crippen LogP contribution >= 0.6 is 0 Å². The van der Waals surface area contributed by atoms with Crippen molar-refractivity contribution in [1.29, 1.82) is 0 Å². The van der Waals surface area contributed by atoms with Crippen molar-refractivity contribution in [2.24, 2.45) is 0 Å². The van der Waals surface area contributed by atoms with E-state index in [4.69, 9.17) is 5.11 Å². The van der Waals surface area contributed by atoms with Gasteiger partial charge >= 0.3 is 0 Å². The van der Waals surface area contributed by atoms with Gasteiger partial charge in [0.25, 0.3) is 0 Å². The number of aliphatic hydroxyl groups excluding tert-OH is 1. The summed E-state index contributed by atoms with van der Waals surface area (Å²) >= 11 is -0.611. The Bertz CT molecular complexity index is 20.9. The molecule has 0 aliphatic carbocycles. The number of hydrogen-bond donors (Lipinski definition) is 1. The summed E-state index contributed by atoms with van der Waals surface area (Å²) in [6, 6.07) is 0. The first-order chi connectivity index (χ1) is 3.15. The second-order valence-electron chi connectivity index (χ2n) is 1.06. The average molecular weight is 124 g/mol. The normalized spacial score (nSPS) is 7.71. The van der Waals surface area contributed by atoms with E-state index in [-0.39, 0.29) is 6.61 Å². The highest BCUT2D eigenvalue weighted by Gasteiger charge is 1.66. The molecule has 0 aliphatic heterocycles. The molecule has 0 bridgehead atoms. The number of aliphatic hydroxyl groups is 1. The highest BCUT2D eigenvalue weighted by Crippen LogP contribution is 1.61. The summed E-state index contributed by atoms with van der Waals surface area (Å²) in [7, 11) is 0. The molecule has 0 aromatic heterocycles. The average Bonchev–Trinajstić information content (AvgIpc) is 1.33.